The first-order chi connectivity index (χ1) is 7.25. The van der Waals surface area contributed by atoms with Crippen LogP contribution in [0.4, 0.5) is 0 Å². The molecule has 0 aliphatic rings. The van der Waals surface area contributed by atoms with Crippen LogP contribution in [0.1, 0.15) is 5.56 Å². The van der Waals surface area contributed by atoms with Gasteiger partial charge >= 0.3 is 0 Å². The normalized spacial score (nSPS) is 11.3. The standard InChI is InChI=1S/C12H10N2O/c1-7-2-3-8-10(6-7)14-9-4-5-13-11(9)12(8)15/h2-6,13H,1H3,(H,14,15). The zero-order valence-corrected chi connectivity index (χ0v) is 8.29. The van der Waals surface area contributed by atoms with Crippen molar-refractivity contribution < 1.29 is 0 Å². The first kappa shape index (κ1) is 8.29. The van der Waals surface area contributed by atoms with Crippen LogP contribution in [0.15, 0.2) is 35.3 Å². The molecule has 15 heavy (non-hydrogen) atoms. The van der Waals surface area contributed by atoms with Gasteiger partial charge in [-0.3, -0.25) is 4.79 Å². The molecule has 1 aromatic carbocycles. The molecule has 3 nitrogen and oxygen atoms in total. The highest BCUT2D eigenvalue weighted by Gasteiger charge is 2.05. The van der Waals surface area contributed by atoms with Gasteiger partial charge in [0.05, 0.1) is 11.0 Å². The van der Waals surface area contributed by atoms with Crippen LogP contribution in [0.25, 0.3) is 21.9 Å². The number of nitrogens with one attached hydrogen (secondary N) is 2. The number of hydrogen-bond acceptors (Lipinski definition) is 1. The summed E-state index contributed by atoms with van der Waals surface area (Å²) < 4.78 is 0. The Hall–Kier alpha value is -2.03. The zero-order valence-electron chi connectivity index (χ0n) is 8.29. The molecule has 0 radical (unpaired) electrons. The molecule has 0 amide bonds. The van der Waals surface area contributed by atoms with E-state index in [4.69, 9.17) is 0 Å². The van der Waals surface area contributed by atoms with E-state index in [0.29, 0.717) is 5.52 Å². The number of aromatic amines is 2. The van der Waals surface area contributed by atoms with Gasteiger partial charge in [0.25, 0.3) is 0 Å². The molecule has 0 aliphatic heterocycles. The third kappa shape index (κ3) is 1.09. The van der Waals surface area contributed by atoms with Gasteiger partial charge in [-0.15, -0.1) is 0 Å². The van der Waals surface area contributed by atoms with Crippen molar-refractivity contribution in [3.8, 4) is 0 Å². The predicted octanol–water partition coefficient (Wildman–Crippen LogP) is 2.32. The molecule has 3 aromatic rings. The minimum Gasteiger partial charge on any atom is -0.357 e. The maximum Gasteiger partial charge on any atom is 0.213 e. The Labute approximate surface area is 85.8 Å². The minimum absolute atomic E-state index is 0.0590. The van der Waals surface area contributed by atoms with Gasteiger partial charge in [0.15, 0.2) is 0 Å². The lowest BCUT2D eigenvalue weighted by Crippen LogP contribution is -2.03. The molecule has 0 fully saturated rings. The number of aromatic nitrogens is 2. The van der Waals surface area contributed by atoms with Crippen LogP contribution in [0.5, 0.6) is 0 Å². The van der Waals surface area contributed by atoms with Gasteiger partial charge < -0.3 is 9.97 Å². The highest BCUT2D eigenvalue weighted by Crippen LogP contribution is 2.14. The summed E-state index contributed by atoms with van der Waals surface area (Å²) >= 11 is 0. The van der Waals surface area contributed by atoms with E-state index in [0.717, 1.165) is 22.0 Å². The zero-order chi connectivity index (χ0) is 10.4. The van der Waals surface area contributed by atoms with Crippen LogP contribution in [0.2, 0.25) is 0 Å². The molecule has 2 N–H and O–H groups in total. The van der Waals surface area contributed by atoms with Crippen molar-refractivity contribution in [2.45, 2.75) is 6.92 Å². The maximum absolute atomic E-state index is 12.0. The number of benzene rings is 1. The summed E-state index contributed by atoms with van der Waals surface area (Å²) in [4.78, 5) is 18.2. The molecular formula is C12H10N2O. The summed E-state index contributed by atoms with van der Waals surface area (Å²) in [6.07, 6.45) is 1.77. The molecule has 2 aromatic heterocycles. The second-order valence-corrected chi connectivity index (χ2v) is 3.77. The van der Waals surface area contributed by atoms with Crippen LogP contribution < -0.4 is 5.43 Å². The topological polar surface area (TPSA) is 48.6 Å². The molecule has 0 bridgehead atoms. The molecule has 2 heterocycles. The van der Waals surface area contributed by atoms with E-state index in [2.05, 4.69) is 9.97 Å². The van der Waals surface area contributed by atoms with Crippen molar-refractivity contribution in [2.24, 2.45) is 0 Å². The van der Waals surface area contributed by atoms with Crippen LogP contribution in [0, 0.1) is 6.92 Å². The Balaban J connectivity index is 2.63. The molecule has 0 atom stereocenters. The van der Waals surface area contributed by atoms with Crippen molar-refractivity contribution in [3.63, 3.8) is 0 Å². The summed E-state index contributed by atoms with van der Waals surface area (Å²) in [5.41, 5.74) is 3.60. The van der Waals surface area contributed by atoms with Gasteiger partial charge in [0.1, 0.15) is 5.52 Å². The SMILES string of the molecule is Cc1ccc2c(=O)c3[nH]ccc3[nH]c2c1. The van der Waals surface area contributed by atoms with Crippen molar-refractivity contribution in [1.29, 1.82) is 0 Å². The lowest BCUT2D eigenvalue weighted by atomic mass is 10.1. The van der Waals surface area contributed by atoms with Gasteiger partial charge in [-0.2, -0.15) is 0 Å². The summed E-state index contributed by atoms with van der Waals surface area (Å²) in [5.74, 6) is 0. The largest absolute Gasteiger partial charge is 0.357 e. The fourth-order valence-corrected chi connectivity index (χ4v) is 1.90. The number of aryl methyl sites for hydroxylation is 1. The quantitative estimate of drug-likeness (QED) is 0.572. The van der Waals surface area contributed by atoms with Gasteiger partial charge in [0.2, 0.25) is 5.43 Å². The first-order valence-electron chi connectivity index (χ1n) is 4.85. The van der Waals surface area contributed by atoms with Crippen LogP contribution in [-0.4, -0.2) is 9.97 Å². The maximum atomic E-state index is 12.0. The summed E-state index contributed by atoms with van der Waals surface area (Å²) in [6.45, 7) is 2.01. The number of H-pyrrole nitrogens is 2. The number of pyridine rings is 1. The molecule has 74 valence electrons. The lowest BCUT2D eigenvalue weighted by Gasteiger charge is -1.99. The van der Waals surface area contributed by atoms with Crippen LogP contribution in [0.3, 0.4) is 0 Å². The molecule has 0 saturated heterocycles. The second kappa shape index (κ2) is 2.73. The first-order valence-corrected chi connectivity index (χ1v) is 4.85. The molecular weight excluding hydrogens is 188 g/mol. The van der Waals surface area contributed by atoms with Crippen LogP contribution in [-0.2, 0) is 0 Å². The summed E-state index contributed by atoms with van der Waals surface area (Å²) in [7, 11) is 0. The summed E-state index contributed by atoms with van der Waals surface area (Å²) in [5, 5.41) is 0.732. The van der Waals surface area contributed by atoms with E-state index < -0.39 is 0 Å². The van der Waals surface area contributed by atoms with Crippen molar-refractivity contribution in [3.05, 3.63) is 46.2 Å². The van der Waals surface area contributed by atoms with E-state index in [1.54, 1.807) is 6.20 Å². The van der Waals surface area contributed by atoms with Crippen molar-refractivity contribution >= 4 is 21.9 Å². The van der Waals surface area contributed by atoms with Gasteiger partial charge in [-0.1, -0.05) is 6.07 Å². The Morgan fingerprint density at radius 3 is 2.87 bits per heavy atom. The number of fused-ring (bicyclic) bond motifs is 2. The highest BCUT2D eigenvalue weighted by atomic mass is 16.1. The van der Waals surface area contributed by atoms with E-state index in [-0.39, 0.29) is 5.43 Å². The lowest BCUT2D eigenvalue weighted by molar-refractivity contribution is 1.42. The summed E-state index contributed by atoms with van der Waals surface area (Å²) in [6, 6.07) is 7.68. The van der Waals surface area contributed by atoms with Gasteiger partial charge in [0, 0.05) is 11.6 Å². The fourth-order valence-electron chi connectivity index (χ4n) is 1.90. The minimum atomic E-state index is 0.0590. The molecule has 0 saturated carbocycles. The van der Waals surface area contributed by atoms with Gasteiger partial charge in [-0.05, 0) is 30.7 Å². The monoisotopic (exact) mass is 198 g/mol. The Morgan fingerprint density at radius 1 is 1.13 bits per heavy atom. The van der Waals surface area contributed by atoms with E-state index in [1.807, 2.05) is 31.2 Å². The van der Waals surface area contributed by atoms with Gasteiger partial charge in [-0.25, -0.2) is 0 Å². The third-order valence-electron chi connectivity index (χ3n) is 2.66. The Kier molecular flexibility index (Phi) is 1.51. The molecule has 3 rings (SSSR count). The second-order valence-electron chi connectivity index (χ2n) is 3.77. The number of rotatable bonds is 0. The molecule has 0 aliphatic carbocycles. The van der Waals surface area contributed by atoms with E-state index in [1.165, 1.54) is 0 Å². The smallest absolute Gasteiger partial charge is 0.213 e. The fraction of sp³-hybridized carbons (Fsp3) is 0.0833. The Bertz CT molecular complexity index is 706. The third-order valence-corrected chi connectivity index (χ3v) is 2.66. The molecule has 3 heteroatoms. The van der Waals surface area contributed by atoms with E-state index >= 15 is 0 Å². The average Bonchev–Trinajstić information content (AvgIpc) is 2.65. The molecule has 0 spiro atoms. The highest BCUT2D eigenvalue weighted by molar-refractivity contribution is 5.90. The van der Waals surface area contributed by atoms with Crippen LogP contribution >= 0.6 is 0 Å². The average molecular weight is 198 g/mol. The van der Waals surface area contributed by atoms with Crippen molar-refractivity contribution in [1.82, 2.24) is 9.97 Å². The van der Waals surface area contributed by atoms with E-state index in [9.17, 15) is 4.79 Å². The Morgan fingerprint density at radius 2 is 2.00 bits per heavy atom. The van der Waals surface area contributed by atoms with Crippen molar-refractivity contribution in [2.75, 3.05) is 0 Å². The number of hydrogen-bond donors (Lipinski definition) is 2. The predicted molar refractivity (Wildman–Crippen MR) is 61.2 cm³/mol. The molecule has 0 unspecified atom stereocenters.